The lowest BCUT2D eigenvalue weighted by molar-refractivity contribution is 0.732. The van der Waals surface area contributed by atoms with E-state index < -0.39 is 0 Å². The highest BCUT2D eigenvalue weighted by Crippen LogP contribution is 2.26. The third-order valence-electron chi connectivity index (χ3n) is 3.40. The van der Waals surface area contributed by atoms with Crippen molar-refractivity contribution in [3.63, 3.8) is 0 Å². The fraction of sp³-hybridized carbons (Fsp3) is 0.267. The highest BCUT2D eigenvalue weighted by Gasteiger charge is 2.17. The molecule has 1 atom stereocenters. The molecule has 6 heteroatoms. The van der Waals surface area contributed by atoms with Crippen LogP contribution in [0.2, 0.25) is 0 Å². The van der Waals surface area contributed by atoms with Gasteiger partial charge in [0.25, 0.3) is 0 Å². The summed E-state index contributed by atoms with van der Waals surface area (Å²) in [7, 11) is 0. The van der Waals surface area contributed by atoms with Crippen molar-refractivity contribution in [1.29, 1.82) is 0 Å². The van der Waals surface area contributed by atoms with E-state index in [0.717, 1.165) is 27.0 Å². The number of halogens is 2. The zero-order valence-corrected chi connectivity index (χ0v) is 14.1. The first-order valence-corrected chi connectivity index (χ1v) is 7.84. The van der Waals surface area contributed by atoms with Crippen LogP contribution in [-0.2, 0) is 6.54 Å². The first-order valence-electron chi connectivity index (χ1n) is 6.61. The molecular formula is C15H14BrClN4. The maximum absolute atomic E-state index is 6.29. The fourth-order valence-corrected chi connectivity index (χ4v) is 2.80. The Hall–Kier alpha value is -1.46. The lowest BCUT2D eigenvalue weighted by atomic mass is 10.1. The predicted molar refractivity (Wildman–Crippen MR) is 87.6 cm³/mol. The summed E-state index contributed by atoms with van der Waals surface area (Å²) in [6.07, 6.45) is 5.44. The second kappa shape index (κ2) is 5.73. The molecule has 3 rings (SSSR count). The quantitative estimate of drug-likeness (QED) is 0.652. The number of fused-ring (bicyclic) bond motifs is 1. The molecule has 0 aromatic carbocycles. The van der Waals surface area contributed by atoms with Crippen LogP contribution in [0.15, 0.2) is 35.2 Å². The van der Waals surface area contributed by atoms with Crippen LogP contribution in [0.1, 0.15) is 29.3 Å². The number of aromatic nitrogens is 4. The Morgan fingerprint density at radius 2 is 2.19 bits per heavy atom. The molecule has 0 aliphatic carbocycles. The number of aryl methyl sites for hydroxylation is 1. The van der Waals surface area contributed by atoms with Crippen molar-refractivity contribution in [3.8, 4) is 0 Å². The van der Waals surface area contributed by atoms with Crippen LogP contribution < -0.4 is 0 Å². The van der Waals surface area contributed by atoms with E-state index in [1.807, 2.05) is 25.3 Å². The largest absolute Gasteiger partial charge is 0.307 e. The smallest absolute Gasteiger partial charge is 0.160 e. The van der Waals surface area contributed by atoms with Gasteiger partial charge in [0.15, 0.2) is 5.65 Å². The van der Waals surface area contributed by atoms with E-state index in [-0.39, 0.29) is 5.38 Å². The van der Waals surface area contributed by atoms with Crippen molar-refractivity contribution >= 4 is 38.7 Å². The Kier molecular flexibility index (Phi) is 3.95. The van der Waals surface area contributed by atoms with E-state index in [1.54, 1.807) is 12.4 Å². The molecular weight excluding hydrogens is 352 g/mol. The molecule has 0 bridgehead atoms. The highest BCUT2D eigenvalue weighted by atomic mass is 79.9. The number of pyridine rings is 2. The van der Waals surface area contributed by atoms with Crippen LogP contribution in [0.4, 0.5) is 0 Å². The minimum Gasteiger partial charge on any atom is -0.307 e. The number of rotatable bonds is 3. The van der Waals surface area contributed by atoms with Crippen LogP contribution in [0.25, 0.3) is 11.2 Å². The van der Waals surface area contributed by atoms with Crippen molar-refractivity contribution in [3.05, 3.63) is 52.1 Å². The standard InChI is InChI=1S/C15H14BrClN4/c1-9-6-18-4-3-11(9)8-21-14(10(2)17)20-13-5-12(16)7-19-15(13)21/h3-7,10H,8H2,1-2H3. The van der Waals surface area contributed by atoms with E-state index in [4.69, 9.17) is 11.6 Å². The number of hydrogen-bond acceptors (Lipinski definition) is 3. The minimum atomic E-state index is -0.180. The fourth-order valence-electron chi connectivity index (χ4n) is 2.31. The lowest BCUT2D eigenvalue weighted by Gasteiger charge is -2.11. The van der Waals surface area contributed by atoms with Crippen LogP contribution in [0.5, 0.6) is 0 Å². The van der Waals surface area contributed by atoms with Gasteiger partial charge in [0.2, 0.25) is 0 Å². The average Bonchev–Trinajstić information content (AvgIpc) is 2.79. The Morgan fingerprint density at radius 1 is 1.38 bits per heavy atom. The molecule has 0 amide bonds. The summed E-state index contributed by atoms with van der Waals surface area (Å²) in [5.41, 5.74) is 4.02. The molecule has 0 spiro atoms. The summed E-state index contributed by atoms with van der Waals surface area (Å²) in [6.45, 7) is 4.66. The van der Waals surface area contributed by atoms with E-state index >= 15 is 0 Å². The summed E-state index contributed by atoms with van der Waals surface area (Å²) in [5.74, 6) is 0.827. The Bertz CT molecular complexity index is 797. The maximum atomic E-state index is 6.29. The van der Waals surface area contributed by atoms with Crippen LogP contribution in [0, 0.1) is 6.92 Å². The number of imidazole rings is 1. The molecule has 0 aliphatic rings. The van der Waals surface area contributed by atoms with Crippen molar-refractivity contribution in [2.45, 2.75) is 25.8 Å². The molecule has 0 aliphatic heterocycles. The normalized spacial score (nSPS) is 12.8. The molecule has 4 nitrogen and oxygen atoms in total. The van der Waals surface area contributed by atoms with Crippen molar-refractivity contribution in [1.82, 2.24) is 19.5 Å². The Morgan fingerprint density at radius 3 is 2.90 bits per heavy atom. The van der Waals surface area contributed by atoms with Gasteiger partial charge in [-0.3, -0.25) is 4.98 Å². The third kappa shape index (κ3) is 2.80. The van der Waals surface area contributed by atoms with Crippen molar-refractivity contribution < 1.29 is 0 Å². The van der Waals surface area contributed by atoms with Gasteiger partial charge in [-0.2, -0.15) is 0 Å². The second-order valence-corrected chi connectivity index (χ2v) is 6.54. The third-order valence-corrected chi connectivity index (χ3v) is 4.03. The molecule has 0 radical (unpaired) electrons. The van der Waals surface area contributed by atoms with Gasteiger partial charge in [-0.25, -0.2) is 9.97 Å². The van der Waals surface area contributed by atoms with Gasteiger partial charge in [0.05, 0.1) is 11.9 Å². The van der Waals surface area contributed by atoms with Gasteiger partial charge in [0, 0.05) is 23.1 Å². The SMILES string of the molecule is Cc1cnccc1Cn1c(C(C)Cl)nc2cc(Br)cnc21. The Balaban J connectivity index is 2.16. The summed E-state index contributed by atoms with van der Waals surface area (Å²) in [5, 5.41) is -0.180. The first kappa shape index (κ1) is 14.5. The molecule has 1 unspecified atom stereocenters. The Labute approximate surface area is 136 Å². The molecule has 21 heavy (non-hydrogen) atoms. The molecule has 0 N–H and O–H groups in total. The molecule has 3 heterocycles. The number of alkyl halides is 1. The molecule has 108 valence electrons. The van der Waals surface area contributed by atoms with Crippen LogP contribution in [0.3, 0.4) is 0 Å². The summed E-state index contributed by atoms with van der Waals surface area (Å²) >= 11 is 9.72. The molecule has 3 aromatic rings. The van der Waals surface area contributed by atoms with Gasteiger partial charge >= 0.3 is 0 Å². The number of hydrogen-bond donors (Lipinski definition) is 0. The molecule has 0 fully saturated rings. The second-order valence-electron chi connectivity index (χ2n) is 4.97. The van der Waals surface area contributed by atoms with Gasteiger partial charge in [0.1, 0.15) is 11.3 Å². The van der Waals surface area contributed by atoms with Crippen molar-refractivity contribution in [2.24, 2.45) is 0 Å². The van der Waals surface area contributed by atoms with Gasteiger partial charge < -0.3 is 4.57 Å². The summed E-state index contributed by atoms with van der Waals surface area (Å²) in [4.78, 5) is 13.2. The van der Waals surface area contributed by atoms with Gasteiger partial charge in [-0.15, -0.1) is 11.6 Å². The zero-order chi connectivity index (χ0) is 15.0. The summed E-state index contributed by atoms with van der Waals surface area (Å²) < 4.78 is 2.98. The van der Waals surface area contributed by atoms with Crippen LogP contribution in [-0.4, -0.2) is 19.5 Å². The van der Waals surface area contributed by atoms with E-state index in [9.17, 15) is 0 Å². The molecule has 0 saturated heterocycles. The average molecular weight is 366 g/mol. The lowest BCUT2D eigenvalue weighted by Crippen LogP contribution is -2.07. The predicted octanol–water partition coefficient (Wildman–Crippen LogP) is 4.25. The van der Waals surface area contributed by atoms with Crippen LogP contribution >= 0.6 is 27.5 Å². The monoisotopic (exact) mass is 364 g/mol. The number of nitrogens with zero attached hydrogens (tertiary/aromatic N) is 4. The van der Waals surface area contributed by atoms with E-state index in [1.165, 1.54) is 5.56 Å². The molecule has 0 saturated carbocycles. The van der Waals surface area contributed by atoms with E-state index in [2.05, 4.69) is 42.4 Å². The molecule has 3 aromatic heterocycles. The maximum Gasteiger partial charge on any atom is 0.160 e. The first-order chi connectivity index (χ1) is 10.1. The summed E-state index contributed by atoms with van der Waals surface area (Å²) in [6, 6.07) is 3.98. The highest BCUT2D eigenvalue weighted by molar-refractivity contribution is 9.10. The van der Waals surface area contributed by atoms with Gasteiger partial charge in [-0.1, -0.05) is 0 Å². The van der Waals surface area contributed by atoms with Gasteiger partial charge in [-0.05, 0) is 53.0 Å². The topological polar surface area (TPSA) is 43.6 Å². The van der Waals surface area contributed by atoms with Crippen molar-refractivity contribution in [2.75, 3.05) is 0 Å². The van der Waals surface area contributed by atoms with E-state index in [0.29, 0.717) is 6.54 Å². The zero-order valence-electron chi connectivity index (χ0n) is 11.7. The minimum absolute atomic E-state index is 0.180.